The maximum absolute atomic E-state index is 14.4. The summed E-state index contributed by atoms with van der Waals surface area (Å²) in [6.07, 6.45) is 12.9. The Morgan fingerprint density at radius 3 is 1.46 bits per heavy atom. The molecule has 52 heavy (non-hydrogen) atoms. The van der Waals surface area contributed by atoms with Gasteiger partial charge in [0.1, 0.15) is 0 Å². The molecule has 11 nitrogen and oxygen atoms in total. The number of ether oxygens (including phenoxy) is 2. The summed E-state index contributed by atoms with van der Waals surface area (Å²) in [6.45, 7) is 7.67. The van der Waals surface area contributed by atoms with Crippen LogP contribution in [-0.2, 0) is 14.3 Å². The van der Waals surface area contributed by atoms with E-state index in [1.165, 1.54) is 12.1 Å². The average molecular weight is 705 g/mol. The zero-order chi connectivity index (χ0) is 36.2. The maximum Gasteiger partial charge on any atom is 0.270 e. The Morgan fingerprint density at radius 2 is 1.06 bits per heavy atom. The minimum Gasteiger partial charge on any atom is -0.378 e. The second-order valence-corrected chi connectivity index (χ2v) is 14.2. The molecule has 1 atom stereocenters. The van der Waals surface area contributed by atoms with Gasteiger partial charge in [0.2, 0.25) is 0 Å². The highest BCUT2D eigenvalue weighted by Crippen LogP contribution is 2.41. The van der Waals surface area contributed by atoms with Gasteiger partial charge in [0, 0.05) is 73.0 Å². The number of carbonyl (C=O) groups is 1. The van der Waals surface area contributed by atoms with Crippen LogP contribution >= 0.6 is 0 Å². The molecule has 270 valence electrons. The SMILES string of the molecule is CC1C/C(=C/C2=C(N3CCOCC3)C(=C/c3cccc([N+](=O)[O-])c3)/CC2)C(=O)/C(=C/C2=C(N3CCOCC3)C(=C/c3cccc([N+](=O)[O-])c3)/CC2)C1. The molecule has 5 aliphatic rings. The first kappa shape index (κ1) is 35.3. The third-order valence-electron chi connectivity index (χ3n) is 10.5. The Morgan fingerprint density at radius 1 is 0.635 bits per heavy atom. The summed E-state index contributed by atoms with van der Waals surface area (Å²) in [5, 5.41) is 22.9. The molecule has 0 bridgehead atoms. The van der Waals surface area contributed by atoms with Gasteiger partial charge in [-0.05, 0) is 102 Å². The molecule has 0 amide bonds. The Labute approximate surface area is 303 Å². The van der Waals surface area contributed by atoms with Gasteiger partial charge in [0.15, 0.2) is 5.78 Å². The lowest BCUT2D eigenvalue weighted by atomic mass is 9.80. The predicted molar refractivity (Wildman–Crippen MR) is 199 cm³/mol. The van der Waals surface area contributed by atoms with Crippen LogP contribution in [0.3, 0.4) is 0 Å². The number of morpholine rings is 2. The smallest absolute Gasteiger partial charge is 0.270 e. The van der Waals surface area contributed by atoms with Gasteiger partial charge in [-0.25, -0.2) is 0 Å². The van der Waals surface area contributed by atoms with E-state index in [1.54, 1.807) is 24.3 Å². The maximum atomic E-state index is 14.4. The van der Waals surface area contributed by atoms with E-state index in [-0.39, 0.29) is 32.9 Å². The third-order valence-corrected chi connectivity index (χ3v) is 10.5. The van der Waals surface area contributed by atoms with Gasteiger partial charge >= 0.3 is 0 Å². The zero-order valence-electron chi connectivity index (χ0n) is 29.6. The highest BCUT2D eigenvalue weighted by molar-refractivity contribution is 6.09. The molecule has 2 aliphatic heterocycles. The molecule has 2 heterocycles. The molecule has 1 unspecified atom stereocenters. The van der Waals surface area contributed by atoms with Crippen LogP contribution in [0, 0.1) is 26.1 Å². The second-order valence-electron chi connectivity index (χ2n) is 14.2. The molecular formula is C41H44N4O7. The van der Waals surface area contributed by atoms with Crippen molar-refractivity contribution >= 4 is 29.3 Å². The van der Waals surface area contributed by atoms with Crippen LogP contribution in [0.5, 0.6) is 0 Å². The number of hydrogen-bond donors (Lipinski definition) is 0. The number of nitrogens with zero attached hydrogens (tertiary/aromatic N) is 4. The predicted octanol–water partition coefficient (Wildman–Crippen LogP) is 7.58. The van der Waals surface area contributed by atoms with Gasteiger partial charge in [0.25, 0.3) is 11.4 Å². The summed E-state index contributed by atoms with van der Waals surface area (Å²) in [5.74, 6) is 0.380. The standard InChI is InChI=1S/C41H44N4O7/c1-28-20-35(26-33-10-8-31(39(33)42-12-16-51-17-13-42)22-29-4-2-6-37(24-29)44(47)48)41(46)36(21-28)27-34-11-9-32(40(34)43-14-18-52-19-15-43)23-30-5-3-7-38(25-30)45(49)50/h2-7,22-28H,8-21H2,1H3/b31-22+,32-23+,35-26-,36-27+. The summed E-state index contributed by atoms with van der Waals surface area (Å²) in [5.41, 5.74) is 10.1. The summed E-state index contributed by atoms with van der Waals surface area (Å²) in [7, 11) is 0. The molecule has 2 aromatic rings. The van der Waals surface area contributed by atoms with E-state index in [0.29, 0.717) is 39.3 Å². The van der Waals surface area contributed by atoms with E-state index in [1.807, 2.05) is 12.1 Å². The zero-order valence-corrected chi connectivity index (χ0v) is 29.6. The second kappa shape index (κ2) is 15.6. The van der Waals surface area contributed by atoms with Gasteiger partial charge in [-0.1, -0.05) is 31.2 Å². The van der Waals surface area contributed by atoms with E-state index in [2.05, 4.69) is 41.0 Å². The van der Waals surface area contributed by atoms with E-state index in [0.717, 1.165) is 108 Å². The molecule has 2 aromatic carbocycles. The fraction of sp³-hybridized carbons (Fsp3) is 0.390. The summed E-state index contributed by atoms with van der Waals surface area (Å²) in [4.78, 5) is 41.2. The molecule has 0 N–H and O–H groups in total. The topological polar surface area (TPSA) is 128 Å². The van der Waals surface area contributed by atoms with Gasteiger partial charge < -0.3 is 19.3 Å². The fourth-order valence-corrected chi connectivity index (χ4v) is 8.12. The van der Waals surface area contributed by atoms with E-state index < -0.39 is 0 Å². The van der Waals surface area contributed by atoms with Crippen molar-refractivity contribution in [3.05, 3.63) is 137 Å². The molecule has 0 radical (unpaired) electrons. The number of allylic oxidation sites excluding steroid dienone is 8. The van der Waals surface area contributed by atoms with E-state index >= 15 is 0 Å². The molecule has 0 aromatic heterocycles. The Balaban J connectivity index is 1.25. The summed E-state index contributed by atoms with van der Waals surface area (Å²) >= 11 is 0. The summed E-state index contributed by atoms with van der Waals surface area (Å²) < 4.78 is 11.4. The molecule has 11 heteroatoms. The van der Waals surface area contributed by atoms with Crippen LogP contribution in [0.2, 0.25) is 0 Å². The van der Waals surface area contributed by atoms with Crippen LogP contribution in [0.25, 0.3) is 12.2 Å². The lowest BCUT2D eigenvalue weighted by Gasteiger charge is -2.32. The van der Waals surface area contributed by atoms with Crippen LogP contribution in [0.1, 0.15) is 56.6 Å². The van der Waals surface area contributed by atoms with Crippen molar-refractivity contribution in [2.75, 3.05) is 52.6 Å². The van der Waals surface area contributed by atoms with Crippen molar-refractivity contribution in [3.63, 3.8) is 0 Å². The number of rotatable bonds is 8. The first-order valence-electron chi connectivity index (χ1n) is 18.2. The highest BCUT2D eigenvalue weighted by Gasteiger charge is 2.31. The molecule has 1 saturated carbocycles. The van der Waals surface area contributed by atoms with Crippen LogP contribution in [0.15, 0.2) is 106 Å². The van der Waals surface area contributed by atoms with Crippen molar-refractivity contribution in [1.29, 1.82) is 0 Å². The van der Waals surface area contributed by atoms with Crippen molar-refractivity contribution in [2.24, 2.45) is 5.92 Å². The number of nitro benzene ring substituents is 2. The van der Waals surface area contributed by atoms with Crippen molar-refractivity contribution in [2.45, 2.75) is 45.4 Å². The first-order chi connectivity index (χ1) is 25.2. The number of carbonyl (C=O) groups excluding carboxylic acids is 1. The lowest BCUT2D eigenvalue weighted by Crippen LogP contribution is -2.36. The van der Waals surface area contributed by atoms with Crippen molar-refractivity contribution in [3.8, 4) is 0 Å². The normalized spacial score (nSPS) is 24.6. The molecule has 3 aliphatic carbocycles. The average Bonchev–Trinajstić information content (AvgIpc) is 3.73. The Kier molecular flexibility index (Phi) is 10.6. The van der Waals surface area contributed by atoms with Crippen molar-refractivity contribution < 1.29 is 24.1 Å². The number of benzene rings is 2. The number of hydrogen-bond acceptors (Lipinski definition) is 9. The minimum absolute atomic E-state index is 0.0634. The van der Waals surface area contributed by atoms with Gasteiger partial charge in [-0.3, -0.25) is 25.0 Å². The number of non-ortho nitro benzene ring substituents is 2. The van der Waals surface area contributed by atoms with Crippen LogP contribution in [-0.4, -0.2) is 78.0 Å². The molecular weight excluding hydrogens is 660 g/mol. The Bertz CT molecular complexity index is 1820. The van der Waals surface area contributed by atoms with Crippen LogP contribution < -0.4 is 0 Å². The molecule has 0 spiro atoms. The lowest BCUT2D eigenvalue weighted by molar-refractivity contribution is -0.385. The van der Waals surface area contributed by atoms with Gasteiger partial charge in [0.05, 0.1) is 36.3 Å². The van der Waals surface area contributed by atoms with E-state index in [9.17, 15) is 25.0 Å². The van der Waals surface area contributed by atoms with Gasteiger partial charge in [-0.15, -0.1) is 0 Å². The molecule has 3 fully saturated rings. The van der Waals surface area contributed by atoms with E-state index in [4.69, 9.17) is 9.47 Å². The quantitative estimate of drug-likeness (QED) is 0.155. The van der Waals surface area contributed by atoms with Gasteiger partial charge in [-0.2, -0.15) is 0 Å². The van der Waals surface area contributed by atoms with Crippen LogP contribution in [0.4, 0.5) is 11.4 Å². The van der Waals surface area contributed by atoms with Crippen molar-refractivity contribution in [1.82, 2.24) is 9.80 Å². The summed E-state index contributed by atoms with van der Waals surface area (Å²) in [6, 6.07) is 13.4. The largest absolute Gasteiger partial charge is 0.378 e. The fourth-order valence-electron chi connectivity index (χ4n) is 8.12. The highest BCUT2D eigenvalue weighted by atomic mass is 16.6. The first-order valence-corrected chi connectivity index (χ1v) is 18.2. The number of nitro groups is 2. The monoisotopic (exact) mass is 704 g/mol. The Hall–Kier alpha value is -5.13. The minimum atomic E-state index is -0.369. The third kappa shape index (κ3) is 7.85. The number of Topliss-reactive ketones (excluding diaryl/α,β-unsaturated/α-hetero) is 1. The molecule has 7 rings (SSSR count). The molecule has 2 saturated heterocycles. The number of ketones is 1.